The number of rotatable bonds is 17. The maximum absolute atomic E-state index is 6.32. The summed E-state index contributed by atoms with van der Waals surface area (Å²) >= 11 is 0. The van der Waals surface area contributed by atoms with Crippen molar-refractivity contribution in [1.82, 2.24) is 0 Å². The summed E-state index contributed by atoms with van der Waals surface area (Å²) in [5.74, 6) is 15.7. The number of anilines is 9. The van der Waals surface area contributed by atoms with E-state index in [4.69, 9.17) is 4.42 Å². The maximum Gasteiger partial charge on any atom is 0.137 e. The summed E-state index contributed by atoms with van der Waals surface area (Å²) in [4.78, 5) is 7.45. The van der Waals surface area contributed by atoms with Crippen LogP contribution in [0.3, 0.4) is 0 Å². The summed E-state index contributed by atoms with van der Waals surface area (Å²) in [5.41, 5.74) is 35.4. The quantitative estimate of drug-likeness (QED) is 0.0906. The van der Waals surface area contributed by atoms with E-state index >= 15 is 0 Å². The average molecular weight is 1750 g/mol. The molecule has 14 aliphatic carbocycles. The van der Waals surface area contributed by atoms with Crippen LogP contribution in [-0.4, -0.2) is 0 Å². The molecule has 12 bridgehead atoms. The van der Waals surface area contributed by atoms with Gasteiger partial charge in [-0.2, -0.15) is 0 Å². The van der Waals surface area contributed by atoms with Crippen molar-refractivity contribution in [3.8, 4) is 22.3 Å². The zero-order valence-electron chi connectivity index (χ0n) is 78.4. The molecule has 1 aromatic heterocycles. The lowest BCUT2D eigenvalue weighted by Gasteiger charge is -2.35. The van der Waals surface area contributed by atoms with E-state index in [0.717, 1.165) is 123 Å². The topological polar surface area (TPSA) is 22.9 Å². The van der Waals surface area contributed by atoms with Crippen LogP contribution in [-0.2, 0) is 10.8 Å². The molecule has 4 nitrogen and oxygen atoms in total. The Kier molecular flexibility index (Phi) is 20.2. The monoisotopic (exact) mass is 1750 g/mol. The molecule has 0 saturated heterocycles. The van der Waals surface area contributed by atoms with Crippen molar-refractivity contribution in [3.63, 3.8) is 0 Å². The molecule has 18 atom stereocenters. The smallest absolute Gasteiger partial charge is 0.137 e. The Morgan fingerprint density at radius 1 is 0.209 bits per heavy atom. The highest BCUT2D eigenvalue weighted by atomic mass is 16.3. The van der Waals surface area contributed by atoms with Gasteiger partial charge in [-0.3, -0.25) is 0 Å². The molecule has 1 heterocycles. The van der Waals surface area contributed by atoms with E-state index in [-0.39, 0.29) is 5.41 Å². The first-order chi connectivity index (χ1) is 66.0. The molecule has 0 radical (unpaired) electrons. The van der Waals surface area contributed by atoms with Gasteiger partial charge in [0.05, 0.1) is 5.41 Å². The Morgan fingerprint density at radius 2 is 0.478 bits per heavy atom. The molecule has 29 rings (SSSR count). The molecule has 0 N–H and O–H groups in total. The molecule has 12 fully saturated rings. The first-order valence-corrected chi connectivity index (χ1v) is 52.5. The van der Waals surface area contributed by atoms with E-state index in [1.165, 1.54) is 277 Å². The van der Waals surface area contributed by atoms with Gasteiger partial charge in [-0.25, -0.2) is 0 Å². The van der Waals surface area contributed by atoms with E-state index in [2.05, 4.69) is 356 Å². The fourth-order valence-corrected chi connectivity index (χ4v) is 31.7. The Morgan fingerprint density at radius 3 is 0.821 bits per heavy atom. The van der Waals surface area contributed by atoms with Crippen LogP contribution in [0.1, 0.15) is 270 Å². The van der Waals surface area contributed by atoms with Gasteiger partial charge in [0.1, 0.15) is 11.2 Å². The van der Waals surface area contributed by atoms with E-state index < -0.39 is 5.41 Å². The molecule has 668 valence electrons. The van der Waals surface area contributed by atoms with Gasteiger partial charge >= 0.3 is 0 Å². The summed E-state index contributed by atoms with van der Waals surface area (Å²) in [6, 6.07) is 128. The van der Waals surface area contributed by atoms with Crippen molar-refractivity contribution in [1.29, 1.82) is 0 Å². The SMILES string of the molecule is CC1(C)c2ccccc2-c2ccc(N(c3ccc(C4CC5CCC4C5)cc3)c3ccc(C4CC5CCC4C5)cc3)cc21.c1ccc(C2(c3ccccc3)c3ccccc3-c3ccc(N(c4ccc(C5CC6CCC5C6)cc4)c4ccc(C5CC6CCC5C6)cc4)cc32)cc1.c1ccc2c(c1)oc1cc(N(c3ccc(C4CC5CCC4C5)cc3)c3ccc(C4CC5CCC4C5)cc3)ccc12. The highest BCUT2D eigenvalue weighted by molar-refractivity contribution is 6.06. The van der Waals surface area contributed by atoms with Gasteiger partial charge in [0.25, 0.3) is 0 Å². The van der Waals surface area contributed by atoms with Gasteiger partial charge in [-0.15, -0.1) is 0 Å². The van der Waals surface area contributed by atoms with Gasteiger partial charge in [0, 0.05) is 73.4 Å². The summed E-state index contributed by atoms with van der Waals surface area (Å²) in [7, 11) is 0. The number of nitrogens with zero attached hydrogens (tertiary/aromatic N) is 3. The fourth-order valence-electron chi connectivity index (χ4n) is 31.7. The van der Waals surface area contributed by atoms with E-state index in [9.17, 15) is 0 Å². The van der Waals surface area contributed by atoms with Crippen LogP contribution in [0.2, 0.25) is 0 Å². The zero-order valence-corrected chi connectivity index (χ0v) is 78.4. The zero-order chi connectivity index (χ0) is 88.4. The van der Waals surface area contributed by atoms with Gasteiger partial charge < -0.3 is 19.1 Å². The van der Waals surface area contributed by atoms with E-state index in [1.54, 1.807) is 22.3 Å². The average Bonchev–Trinajstić information content (AvgIpc) is 1.53. The van der Waals surface area contributed by atoms with Gasteiger partial charge in [-0.1, -0.05) is 265 Å². The van der Waals surface area contributed by atoms with Crippen molar-refractivity contribution in [2.45, 2.75) is 214 Å². The summed E-state index contributed by atoms with van der Waals surface area (Å²) < 4.78 is 6.32. The second-order valence-electron chi connectivity index (χ2n) is 45.2. The predicted molar refractivity (Wildman–Crippen MR) is 555 cm³/mol. The van der Waals surface area contributed by atoms with Crippen LogP contribution >= 0.6 is 0 Å². The Balaban J connectivity index is 0.000000103. The summed E-state index contributed by atoms with van der Waals surface area (Å²) in [5, 5.41) is 2.36. The molecule has 12 saturated carbocycles. The molecule has 14 aliphatic rings. The summed E-state index contributed by atoms with van der Waals surface area (Å²) in [6.45, 7) is 4.78. The van der Waals surface area contributed by atoms with Crippen LogP contribution in [0, 0.1) is 71.0 Å². The Hall–Kier alpha value is -11.7. The maximum atomic E-state index is 6.32. The lowest BCUT2D eigenvalue weighted by Crippen LogP contribution is -2.28. The van der Waals surface area contributed by atoms with E-state index in [0.29, 0.717) is 0 Å². The van der Waals surface area contributed by atoms with Gasteiger partial charge in [0.15, 0.2) is 0 Å². The highest BCUT2D eigenvalue weighted by Crippen LogP contribution is 2.63. The second-order valence-corrected chi connectivity index (χ2v) is 45.2. The second kappa shape index (κ2) is 33.1. The van der Waals surface area contributed by atoms with Crippen LogP contribution in [0.25, 0.3) is 44.2 Å². The molecular weight excluding hydrogens is 1620 g/mol. The third kappa shape index (κ3) is 13.9. The molecule has 0 spiro atoms. The predicted octanol–water partition coefficient (Wildman–Crippen LogP) is 35.5. The minimum atomic E-state index is -0.423. The van der Waals surface area contributed by atoms with Crippen LogP contribution in [0.15, 0.2) is 338 Å². The van der Waals surface area contributed by atoms with Crippen LogP contribution in [0.5, 0.6) is 0 Å². The first-order valence-electron chi connectivity index (χ1n) is 52.5. The minimum absolute atomic E-state index is 0.00903. The third-order valence-electron chi connectivity index (χ3n) is 38.1. The normalized spacial score (nSPS) is 27.9. The number of furan rings is 1. The fraction of sp³-hybridized carbons (Fsp3) is 0.354. The molecule has 4 heteroatoms. The van der Waals surface area contributed by atoms with Crippen LogP contribution in [0.4, 0.5) is 51.2 Å². The lowest BCUT2D eigenvalue weighted by atomic mass is 9.67. The van der Waals surface area contributed by atoms with Gasteiger partial charge in [-0.05, 0) is 426 Å². The standard InChI is InChI=1S/C51H47N.C41H43N.C38H37NO/c1-3-9-40(10-4-1)51(41-11-5-2-6-12-41)49-14-8-7-13-45(49)46-28-27-44(33-50(46)51)52(42-23-19-36(20-24-42)47-31-34-15-17-38(47)29-34)43-25-21-37(22-26-43)48-32-35-16-18-39(48)30-35;1-41(2)39-6-4-3-5-35(39)36-20-19-34(25-40(36)41)42(32-15-11-28(12-16-32)37-23-26-7-9-30(37)21-26)33-17-13-29(14-18-33)38-24-27-8-10-31(38)22-27;1-2-4-37-33(3-1)34-18-17-32(23-38(34)40-37)39(30-13-9-26(10-14-30)35-21-24-5-7-28(35)19-24)31-15-11-27(12-16-31)36-22-25-6-8-29(36)20-25/h1-14,19-28,33-35,38-39,47-48H,15-18,29-32H2;3-6,11-20,25-27,30-31,37-38H,7-10,21-24H2,1-2H3;1-4,9-18,23-25,28-29,35-36H,5-8,19-22H2. The first kappa shape index (κ1) is 81.8. The molecule has 0 amide bonds. The minimum Gasteiger partial charge on any atom is -0.456 e. The molecule has 14 aromatic carbocycles. The third-order valence-corrected chi connectivity index (χ3v) is 38.1. The molecule has 0 aliphatic heterocycles. The number of fused-ring (bicyclic) bond motifs is 21. The van der Waals surface area contributed by atoms with Gasteiger partial charge in [0.2, 0.25) is 0 Å². The summed E-state index contributed by atoms with van der Waals surface area (Å²) in [6.07, 6.45) is 34.3. The van der Waals surface area contributed by atoms with E-state index in [1.807, 2.05) is 6.07 Å². The van der Waals surface area contributed by atoms with Crippen molar-refractivity contribution in [2.24, 2.45) is 71.0 Å². The van der Waals surface area contributed by atoms with Crippen molar-refractivity contribution >= 4 is 73.1 Å². The Labute approximate surface area is 794 Å². The van der Waals surface area contributed by atoms with Crippen molar-refractivity contribution in [3.05, 3.63) is 400 Å². The molecular formula is C130H127N3O. The number of para-hydroxylation sites is 1. The molecule has 134 heavy (non-hydrogen) atoms. The highest BCUT2D eigenvalue weighted by Gasteiger charge is 2.50. The molecule has 18 unspecified atom stereocenters. The number of hydrogen-bond acceptors (Lipinski definition) is 4. The largest absolute Gasteiger partial charge is 0.456 e. The van der Waals surface area contributed by atoms with Crippen LogP contribution < -0.4 is 14.7 Å². The lowest BCUT2D eigenvalue weighted by molar-refractivity contribution is 0.420. The number of benzene rings is 14. The van der Waals surface area contributed by atoms with Crippen molar-refractivity contribution in [2.75, 3.05) is 14.7 Å². The molecule has 15 aromatic rings. The number of hydrogen-bond donors (Lipinski definition) is 0. The van der Waals surface area contributed by atoms with Crippen molar-refractivity contribution < 1.29 is 4.42 Å². The Bertz CT molecular complexity index is 6630.